The monoisotopic (exact) mass is 361 g/mol. The number of likely N-dealkylation sites (tertiary alicyclic amines) is 1. The highest BCUT2D eigenvalue weighted by atomic mass is 16.6. The smallest absolute Gasteiger partial charge is 0.409 e. The van der Waals surface area contributed by atoms with E-state index in [1.807, 2.05) is 6.07 Å². The first kappa shape index (κ1) is 20.1. The molecule has 2 amide bonds. The fourth-order valence-electron chi connectivity index (χ4n) is 3.25. The van der Waals surface area contributed by atoms with Gasteiger partial charge in [-0.15, -0.1) is 0 Å². The number of carbonyl (C=O) groups is 2. The Hall–Kier alpha value is -2.24. The molecule has 1 heterocycles. The van der Waals surface area contributed by atoms with Crippen LogP contribution in [0.3, 0.4) is 0 Å². The van der Waals surface area contributed by atoms with Gasteiger partial charge in [0.05, 0.1) is 6.61 Å². The van der Waals surface area contributed by atoms with E-state index in [0.717, 1.165) is 25.1 Å². The zero-order valence-corrected chi connectivity index (χ0v) is 16.2. The molecule has 1 aromatic carbocycles. The maximum absolute atomic E-state index is 12.3. The van der Waals surface area contributed by atoms with Crippen LogP contribution >= 0.6 is 0 Å². The third-order valence-corrected chi connectivity index (χ3v) is 4.74. The van der Waals surface area contributed by atoms with Crippen molar-refractivity contribution < 1.29 is 14.3 Å². The van der Waals surface area contributed by atoms with Crippen molar-refractivity contribution in [2.75, 3.05) is 37.7 Å². The van der Waals surface area contributed by atoms with E-state index in [0.29, 0.717) is 32.7 Å². The number of hydrogen-bond acceptors (Lipinski definition) is 4. The van der Waals surface area contributed by atoms with Gasteiger partial charge in [0.25, 0.3) is 0 Å². The lowest BCUT2D eigenvalue weighted by Crippen LogP contribution is -2.47. The van der Waals surface area contributed by atoms with Crippen LogP contribution in [0, 0.1) is 6.92 Å². The lowest BCUT2D eigenvalue weighted by atomic mass is 10.1. The number of ether oxygens (including phenoxy) is 1. The van der Waals surface area contributed by atoms with Crippen molar-refractivity contribution in [3.63, 3.8) is 0 Å². The number of piperidine rings is 1. The molecule has 6 heteroatoms. The Morgan fingerprint density at radius 3 is 2.62 bits per heavy atom. The summed E-state index contributed by atoms with van der Waals surface area (Å²) in [6.45, 7) is 9.22. The van der Waals surface area contributed by atoms with E-state index in [1.165, 1.54) is 5.56 Å². The van der Waals surface area contributed by atoms with Crippen molar-refractivity contribution in [3.05, 3.63) is 29.8 Å². The summed E-state index contributed by atoms with van der Waals surface area (Å²) in [6, 6.07) is 8.49. The Morgan fingerprint density at radius 2 is 2.00 bits per heavy atom. The van der Waals surface area contributed by atoms with Crippen LogP contribution in [0.15, 0.2) is 24.3 Å². The largest absolute Gasteiger partial charge is 0.450 e. The molecule has 26 heavy (non-hydrogen) atoms. The minimum absolute atomic E-state index is 0.0747. The molecular formula is C20H31N3O3. The number of rotatable bonds is 7. The minimum atomic E-state index is -0.256. The predicted octanol–water partition coefficient (Wildman–Crippen LogP) is 2.95. The summed E-state index contributed by atoms with van der Waals surface area (Å²) in [7, 11) is 0. The van der Waals surface area contributed by atoms with Gasteiger partial charge in [0, 0.05) is 44.3 Å². The van der Waals surface area contributed by atoms with Crippen molar-refractivity contribution in [2.45, 2.75) is 46.1 Å². The molecular weight excluding hydrogens is 330 g/mol. The molecule has 0 spiro atoms. The first-order valence-electron chi connectivity index (χ1n) is 9.56. The average Bonchev–Trinajstić information content (AvgIpc) is 2.63. The minimum Gasteiger partial charge on any atom is -0.450 e. The second-order valence-electron chi connectivity index (χ2n) is 6.70. The van der Waals surface area contributed by atoms with Gasteiger partial charge in [-0.05, 0) is 51.3 Å². The van der Waals surface area contributed by atoms with Crippen molar-refractivity contribution in [2.24, 2.45) is 0 Å². The molecule has 1 fully saturated rings. The summed E-state index contributed by atoms with van der Waals surface area (Å²) < 4.78 is 5.02. The van der Waals surface area contributed by atoms with Crippen molar-refractivity contribution in [3.8, 4) is 0 Å². The molecule has 1 aliphatic rings. The highest BCUT2D eigenvalue weighted by molar-refractivity contribution is 5.77. The Balaban J connectivity index is 1.74. The average molecular weight is 361 g/mol. The lowest BCUT2D eigenvalue weighted by molar-refractivity contribution is -0.121. The highest BCUT2D eigenvalue weighted by Crippen LogP contribution is 2.16. The van der Waals surface area contributed by atoms with E-state index in [4.69, 9.17) is 4.74 Å². The zero-order chi connectivity index (χ0) is 18.9. The molecule has 0 atom stereocenters. The molecule has 1 aliphatic heterocycles. The van der Waals surface area contributed by atoms with Crippen LogP contribution in [0.5, 0.6) is 0 Å². The van der Waals surface area contributed by atoms with Gasteiger partial charge in [-0.1, -0.05) is 12.1 Å². The van der Waals surface area contributed by atoms with Crippen LogP contribution in [0.25, 0.3) is 0 Å². The summed E-state index contributed by atoms with van der Waals surface area (Å²) in [5, 5.41) is 3.11. The van der Waals surface area contributed by atoms with Gasteiger partial charge in [0.2, 0.25) is 5.91 Å². The SMILES string of the molecule is CCOC(=O)N1CCC(NC(=O)CCN(CC)c2cccc(C)c2)CC1. The number of nitrogens with zero attached hydrogens (tertiary/aromatic N) is 2. The summed E-state index contributed by atoms with van der Waals surface area (Å²) in [4.78, 5) is 27.9. The Morgan fingerprint density at radius 1 is 1.27 bits per heavy atom. The Bertz CT molecular complexity index is 598. The summed E-state index contributed by atoms with van der Waals surface area (Å²) in [5.74, 6) is 0.0747. The van der Waals surface area contributed by atoms with E-state index in [2.05, 4.69) is 42.3 Å². The van der Waals surface area contributed by atoms with Crippen LogP contribution in [0.1, 0.15) is 38.7 Å². The zero-order valence-electron chi connectivity index (χ0n) is 16.2. The predicted molar refractivity (Wildman–Crippen MR) is 103 cm³/mol. The molecule has 144 valence electrons. The second kappa shape index (κ2) is 10.0. The van der Waals surface area contributed by atoms with Crippen LogP contribution in [0.2, 0.25) is 0 Å². The molecule has 0 saturated carbocycles. The molecule has 1 saturated heterocycles. The van der Waals surface area contributed by atoms with E-state index in [9.17, 15) is 9.59 Å². The van der Waals surface area contributed by atoms with E-state index >= 15 is 0 Å². The van der Waals surface area contributed by atoms with E-state index < -0.39 is 0 Å². The van der Waals surface area contributed by atoms with Crippen molar-refractivity contribution in [1.29, 1.82) is 0 Å². The fraction of sp³-hybridized carbons (Fsp3) is 0.600. The summed E-state index contributed by atoms with van der Waals surface area (Å²) in [6.07, 6.45) is 1.77. The topological polar surface area (TPSA) is 61.9 Å². The molecule has 2 rings (SSSR count). The van der Waals surface area contributed by atoms with Crippen molar-refractivity contribution >= 4 is 17.7 Å². The molecule has 0 aliphatic carbocycles. The summed E-state index contributed by atoms with van der Waals surface area (Å²) in [5.41, 5.74) is 2.38. The molecule has 1 aromatic rings. The summed E-state index contributed by atoms with van der Waals surface area (Å²) >= 11 is 0. The number of carbonyl (C=O) groups excluding carboxylic acids is 2. The highest BCUT2D eigenvalue weighted by Gasteiger charge is 2.24. The first-order valence-corrected chi connectivity index (χ1v) is 9.56. The quantitative estimate of drug-likeness (QED) is 0.811. The third kappa shape index (κ3) is 5.93. The van der Waals surface area contributed by atoms with Crippen LogP contribution in [0.4, 0.5) is 10.5 Å². The normalized spacial score (nSPS) is 14.8. The molecule has 6 nitrogen and oxygen atoms in total. The number of amides is 2. The van der Waals surface area contributed by atoms with Gasteiger partial charge >= 0.3 is 6.09 Å². The fourth-order valence-corrected chi connectivity index (χ4v) is 3.25. The van der Waals surface area contributed by atoms with Gasteiger partial charge in [0.15, 0.2) is 0 Å². The van der Waals surface area contributed by atoms with Gasteiger partial charge in [-0.3, -0.25) is 4.79 Å². The van der Waals surface area contributed by atoms with Crippen LogP contribution in [-0.2, 0) is 9.53 Å². The van der Waals surface area contributed by atoms with E-state index in [-0.39, 0.29) is 18.0 Å². The number of nitrogens with one attached hydrogen (secondary N) is 1. The molecule has 1 N–H and O–H groups in total. The first-order chi connectivity index (χ1) is 12.5. The maximum atomic E-state index is 12.3. The molecule has 0 radical (unpaired) electrons. The number of benzene rings is 1. The van der Waals surface area contributed by atoms with Gasteiger partial charge in [-0.25, -0.2) is 4.79 Å². The molecule has 0 unspecified atom stereocenters. The van der Waals surface area contributed by atoms with E-state index in [1.54, 1.807) is 11.8 Å². The standard InChI is InChI=1S/C20H31N3O3/c1-4-22(18-8-6-7-16(3)15-18)14-11-19(24)21-17-9-12-23(13-10-17)20(25)26-5-2/h6-8,15,17H,4-5,9-14H2,1-3H3,(H,21,24). The molecule has 0 aromatic heterocycles. The molecule has 0 bridgehead atoms. The lowest BCUT2D eigenvalue weighted by Gasteiger charge is -2.31. The van der Waals surface area contributed by atoms with Crippen molar-refractivity contribution in [1.82, 2.24) is 10.2 Å². The number of anilines is 1. The number of hydrogen-bond donors (Lipinski definition) is 1. The van der Waals surface area contributed by atoms with Gasteiger partial charge in [0.1, 0.15) is 0 Å². The Labute approximate surface area is 156 Å². The van der Waals surface area contributed by atoms with Gasteiger partial charge in [-0.2, -0.15) is 0 Å². The number of aryl methyl sites for hydroxylation is 1. The van der Waals surface area contributed by atoms with Crippen LogP contribution in [-0.4, -0.2) is 55.7 Å². The maximum Gasteiger partial charge on any atom is 0.409 e. The second-order valence-corrected chi connectivity index (χ2v) is 6.70. The third-order valence-electron chi connectivity index (χ3n) is 4.74. The Kier molecular flexibility index (Phi) is 7.75. The van der Waals surface area contributed by atoms with Crippen LogP contribution < -0.4 is 10.2 Å². The van der Waals surface area contributed by atoms with Gasteiger partial charge < -0.3 is 19.9 Å².